The maximum Gasteiger partial charge on any atom is 0.0849 e. The summed E-state index contributed by atoms with van der Waals surface area (Å²) >= 11 is 0. The molecule has 0 amide bonds. The second-order valence-corrected chi connectivity index (χ2v) is 2.75. The van der Waals surface area contributed by atoms with Crippen molar-refractivity contribution in [2.75, 3.05) is 0 Å². The summed E-state index contributed by atoms with van der Waals surface area (Å²) in [6, 6.07) is 3.92. The molecule has 12 heavy (non-hydrogen) atoms. The number of aromatic amines is 1. The summed E-state index contributed by atoms with van der Waals surface area (Å²) in [4.78, 5) is 0. The first-order chi connectivity index (χ1) is 5.84. The Kier molecular flexibility index (Phi) is 1.66. The molecule has 0 unspecified atom stereocenters. The van der Waals surface area contributed by atoms with Crippen molar-refractivity contribution in [2.24, 2.45) is 0 Å². The Balaban J connectivity index is 2.14. The Labute approximate surface area is 70.2 Å². The maximum absolute atomic E-state index is 4.10. The van der Waals surface area contributed by atoms with Gasteiger partial charge in [0.05, 0.1) is 12.2 Å². The molecule has 0 aromatic carbocycles. The van der Waals surface area contributed by atoms with E-state index in [0.717, 1.165) is 17.9 Å². The van der Waals surface area contributed by atoms with Gasteiger partial charge in [-0.1, -0.05) is 0 Å². The molecule has 0 fully saturated rings. The predicted molar refractivity (Wildman–Crippen MR) is 44.7 cm³/mol. The quantitative estimate of drug-likeness (QED) is 0.715. The summed E-state index contributed by atoms with van der Waals surface area (Å²) in [6.07, 6.45) is 3.68. The molecule has 4 heteroatoms. The third-order valence-corrected chi connectivity index (χ3v) is 1.64. The fourth-order valence-electron chi connectivity index (χ4n) is 1.12. The molecule has 2 aromatic heterocycles. The van der Waals surface area contributed by atoms with Crippen molar-refractivity contribution in [3.63, 3.8) is 0 Å². The van der Waals surface area contributed by atoms with E-state index in [1.807, 2.05) is 29.9 Å². The largest absolute Gasteiger partial charge is 0.283 e. The average Bonchev–Trinajstić information content (AvgIpc) is 2.63. The van der Waals surface area contributed by atoms with E-state index in [9.17, 15) is 0 Å². The average molecular weight is 162 g/mol. The number of nitrogens with one attached hydrogen (secondary N) is 1. The number of hydrogen-bond acceptors (Lipinski definition) is 2. The molecule has 0 saturated heterocycles. The van der Waals surface area contributed by atoms with Crippen LogP contribution < -0.4 is 0 Å². The van der Waals surface area contributed by atoms with Crippen LogP contribution in [0.3, 0.4) is 0 Å². The van der Waals surface area contributed by atoms with Crippen LogP contribution in [-0.2, 0) is 6.54 Å². The van der Waals surface area contributed by atoms with Gasteiger partial charge in [0, 0.05) is 18.1 Å². The van der Waals surface area contributed by atoms with E-state index in [1.165, 1.54) is 0 Å². The Bertz CT molecular complexity index is 347. The fourth-order valence-corrected chi connectivity index (χ4v) is 1.12. The summed E-state index contributed by atoms with van der Waals surface area (Å²) in [7, 11) is 0. The van der Waals surface area contributed by atoms with Crippen LogP contribution in [0.1, 0.15) is 11.4 Å². The van der Waals surface area contributed by atoms with Crippen molar-refractivity contribution < 1.29 is 0 Å². The molecule has 2 aromatic rings. The van der Waals surface area contributed by atoms with Crippen molar-refractivity contribution >= 4 is 0 Å². The van der Waals surface area contributed by atoms with Gasteiger partial charge in [0.25, 0.3) is 0 Å². The van der Waals surface area contributed by atoms with Crippen LogP contribution in [0.5, 0.6) is 0 Å². The van der Waals surface area contributed by atoms with Gasteiger partial charge in [-0.25, -0.2) is 0 Å². The number of aromatic nitrogens is 4. The fraction of sp³-hybridized carbons (Fsp3) is 0.250. The smallest absolute Gasteiger partial charge is 0.0849 e. The number of aryl methyl sites for hydroxylation is 1. The number of H-pyrrole nitrogens is 1. The SMILES string of the molecule is Cc1cc(Cn2cccn2)n[nH]1. The number of nitrogens with zero attached hydrogens (tertiary/aromatic N) is 3. The molecular formula is C8H10N4. The molecule has 1 N–H and O–H groups in total. The summed E-state index contributed by atoms with van der Waals surface area (Å²) in [5.74, 6) is 0. The van der Waals surface area contributed by atoms with Gasteiger partial charge in [0.2, 0.25) is 0 Å². The van der Waals surface area contributed by atoms with E-state index in [-0.39, 0.29) is 0 Å². The van der Waals surface area contributed by atoms with Crippen molar-refractivity contribution in [1.82, 2.24) is 20.0 Å². The molecule has 62 valence electrons. The third kappa shape index (κ3) is 1.37. The van der Waals surface area contributed by atoms with E-state index in [0.29, 0.717) is 0 Å². The molecule has 0 aliphatic rings. The Morgan fingerprint density at radius 1 is 1.58 bits per heavy atom. The zero-order valence-electron chi connectivity index (χ0n) is 6.86. The van der Waals surface area contributed by atoms with Crippen molar-refractivity contribution in [3.05, 3.63) is 35.9 Å². The number of rotatable bonds is 2. The summed E-state index contributed by atoms with van der Waals surface area (Å²) in [6.45, 7) is 2.72. The summed E-state index contributed by atoms with van der Waals surface area (Å²) < 4.78 is 1.84. The second kappa shape index (κ2) is 2.81. The standard InChI is InChI=1S/C8H10N4/c1-7-5-8(11-10-7)6-12-4-2-3-9-12/h2-5H,6H2,1H3,(H,10,11). The van der Waals surface area contributed by atoms with Crippen molar-refractivity contribution in [1.29, 1.82) is 0 Å². The van der Waals surface area contributed by atoms with Crippen LogP contribution in [0, 0.1) is 6.92 Å². The van der Waals surface area contributed by atoms with E-state index in [4.69, 9.17) is 0 Å². The molecule has 0 saturated carbocycles. The highest BCUT2D eigenvalue weighted by Gasteiger charge is 1.97. The highest BCUT2D eigenvalue weighted by Crippen LogP contribution is 1.99. The monoisotopic (exact) mass is 162 g/mol. The zero-order valence-corrected chi connectivity index (χ0v) is 6.86. The first-order valence-corrected chi connectivity index (χ1v) is 3.83. The van der Waals surface area contributed by atoms with Crippen molar-refractivity contribution in [3.8, 4) is 0 Å². The minimum absolute atomic E-state index is 0.733. The molecule has 2 heterocycles. The molecular weight excluding hydrogens is 152 g/mol. The molecule has 0 bridgehead atoms. The first-order valence-electron chi connectivity index (χ1n) is 3.83. The maximum atomic E-state index is 4.10. The van der Waals surface area contributed by atoms with Crippen LogP contribution in [-0.4, -0.2) is 20.0 Å². The second-order valence-electron chi connectivity index (χ2n) is 2.75. The predicted octanol–water partition coefficient (Wildman–Crippen LogP) is 0.963. The van der Waals surface area contributed by atoms with E-state index >= 15 is 0 Å². The van der Waals surface area contributed by atoms with Crippen molar-refractivity contribution in [2.45, 2.75) is 13.5 Å². The lowest BCUT2D eigenvalue weighted by Gasteiger charge is -1.94. The van der Waals surface area contributed by atoms with Crippen LogP contribution in [0.4, 0.5) is 0 Å². The topological polar surface area (TPSA) is 46.5 Å². The summed E-state index contributed by atoms with van der Waals surface area (Å²) in [5, 5.41) is 11.1. The molecule has 0 aliphatic heterocycles. The van der Waals surface area contributed by atoms with Gasteiger partial charge >= 0.3 is 0 Å². The lowest BCUT2D eigenvalue weighted by Crippen LogP contribution is -1.99. The van der Waals surface area contributed by atoms with Gasteiger partial charge in [-0.15, -0.1) is 0 Å². The minimum Gasteiger partial charge on any atom is -0.283 e. The van der Waals surface area contributed by atoms with Gasteiger partial charge in [-0.2, -0.15) is 10.2 Å². The number of hydrogen-bond donors (Lipinski definition) is 1. The lowest BCUT2D eigenvalue weighted by molar-refractivity contribution is 0.670. The molecule has 2 rings (SSSR count). The van der Waals surface area contributed by atoms with Gasteiger partial charge in [-0.05, 0) is 19.1 Å². The highest BCUT2D eigenvalue weighted by molar-refractivity contribution is 5.06. The molecule has 4 nitrogen and oxygen atoms in total. The Morgan fingerprint density at radius 3 is 3.08 bits per heavy atom. The van der Waals surface area contributed by atoms with Crippen LogP contribution in [0.15, 0.2) is 24.5 Å². The lowest BCUT2D eigenvalue weighted by atomic mass is 10.4. The Morgan fingerprint density at radius 2 is 2.50 bits per heavy atom. The van der Waals surface area contributed by atoms with Gasteiger partial charge in [0.1, 0.15) is 0 Å². The van der Waals surface area contributed by atoms with Crippen LogP contribution >= 0.6 is 0 Å². The van der Waals surface area contributed by atoms with E-state index in [2.05, 4.69) is 15.3 Å². The van der Waals surface area contributed by atoms with E-state index in [1.54, 1.807) is 6.20 Å². The molecule has 0 radical (unpaired) electrons. The van der Waals surface area contributed by atoms with Gasteiger partial charge in [-0.3, -0.25) is 9.78 Å². The molecule has 0 atom stereocenters. The third-order valence-electron chi connectivity index (χ3n) is 1.64. The van der Waals surface area contributed by atoms with Gasteiger partial charge < -0.3 is 0 Å². The molecule has 0 spiro atoms. The summed E-state index contributed by atoms with van der Waals surface area (Å²) in [5.41, 5.74) is 2.09. The first kappa shape index (κ1) is 7.09. The molecule has 0 aliphatic carbocycles. The highest BCUT2D eigenvalue weighted by atomic mass is 15.3. The van der Waals surface area contributed by atoms with E-state index < -0.39 is 0 Å². The normalized spacial score (nSPS) is 10.4. The van der Waals surface area contributed by atoms with Crippen LogP contribution in [0.25, 0.3) is 0 Å². The van der Waals surface area contributed by atoms with Gasteiger partial charge in [0.15, 0.2) is 0 Å². The minimum atomic E-state index is 0.733. The zero-order chi connectivity index (χ0) is 8.39. The van der Waals surface area contributed by atoms with Crippen LogP contribution in [0.2, 0.25) is 0 Å². The Hall–Kier alpha value is -1.58.